The van der Waals surface area contributed by atoms with Crippen LogP contribution >= 0.6 is 35.3 Å². The van der Waals surface area contributed by atoms with Crippen LogP contribution in [0.15, 0.2) is 18.2 Å². The van der Waals surface area contributed by atoms with Crippen LogP contribution in [0.5, 0.6) is 0 Å². The minimum absolute atomic E-state index is 0.109. The molecule has 1 aromatic rings. The van der Waals surface area contributed by atoms with Gasteiger partial charge in [-0.2, -0.15) is 259 Å². The Kier molecular flexibility index (Phi) is 23.2. The normalized spacial score (nSPS) is 16.5. The van der Waals surface area contributed by atoms with Crippen LogP contribution in [0.4, 0.5) is 224 Å². The summed E-state index contributed by atoms with van der Waals surface area (Å²) in [5.74, 6) is -194. The van der Waals surface area contributed by atoms with E-state index in [0.29, 0.717) is 0 Å². The predicted octanol–water partition coefficient (Wildman–Crippen LogP) is 21.2. The van der Waals surface area contributed by atoms with E-state index in [1.54, 1.807) is 0 Å². The number of halogens is 51. The number of alkyl halides is 51. The summed E-state index contributed by atoms with van der Waals surface area (Å²) in [6, 6.07) is 0.411. The van der Waals surface area contributed by atoms with Gasteiger partial charge < -0.3 is 0 Å². The lowest BCUT2D eigenvalue weighted by atomic mass is 9.88. The number of hydrogen-bond donors (Lipinski definition) is 0. The van der Waals surface area contributed by atoms with E-state index in [1.165, 1.54) is 0 Å². The summed E-state index contributed by atoms with van der Waals surface area (Å²) in [5, 5.41) is 0. The second-order valence-corrected chi connectivity index (χ2v) is 21.4. The highest BCUT2D eigenvalue weighted by Gasteiger charge is 2.98. The van der Waals surface area contributed by atoms with Gasteiger partial charge in [0, 0.05) is 30.1 Å². The van der Waals surface area contributed by atoms with Gasteiger partial charge in [-0.15, -0.1) is 0 Å². The van der Waals surface area contributed by atoms with E-state index in [0.717, 1.165) is 0 Å². The van der Waals surface area contributed by atoms with Crippen LogP contribution in [0.2, 0.25) is 0 Å². The van der Waals surface area contributed by atoms with Gasteiger partial charge in [0.05, 0.1) is 5.75 Å². The highest BCUT2D eigenvalue weighted by molar-refractivity contribution is 7.99. The molecule has 0 atom stereocenters. The van der Waals surface area contributed by atoms with Crippen LogP contribution in [0.3, 0.4) is 0 Å². The molecule has 0 nitrogen and oxygen atoms in total. The molecule has 0 radical (unpaired) electrons. The van der Waals surface area contributed by atoms with E-state index in [-0.39, 0.29) is 18.2 Å². The third kappa shape index (κ3) is 13.1. The van der Waals surface area contributed by atoms with Crippen molar-refractivity contribution in [3.8, 4) is 0 Å². The van der Waals surface area contributed by atoms with Gasteiger partial charge in [-0.25, -0.2) is 0 Å². The zero-order valence-corrected chi connectivity index (χ0v) is 43.8. The highest BCUT2D eigenvalue weighted by Crippen LogP contribution is 2.68. The Morgan fingerprint density at radius 2 is 0.337 bits per heavy atom. The summed E-state index contributed by atoms with van der Waals surface area (Å²) in [7, 11) is 0. The maximum atomic E-state index is 14.6. The van der Waals surface area contributed by atoms with Gasteiger partial charge in [-0.05, 0) is 28.2 Å². The van der Waals surface area contributed by atoms with Gasteiger partial charge in [0.15, 0.2) is 0 Å². The number of benzene rings is 1. The van der Waals surface area contributed by atoms with Crippen molar-refractivity contribution >= 4 is 35.3 Å². The van der Waals surface area contributed by atoms with Crippen LogP contribution in [0, 0.1) is 0 Å². The van der Waals surface area contributed by atoms with E-state index in [9.17, 15) is 224 Å². The van der Waals surface area contributed by atoms with Crippen LogP contribution < -0.4 is 0 Å². The molecule has 546 valence electrons. The third-order valence-corrected chi connectivity index (χ3v) is 14.8. The maximum absolute atomic E-state index is 14.6. The molecule has 0 fully saturated rings. The Morgan fingerprint density at radius 1 is 0.185 bits per heavy atom. The molecule has 1 aromatic carbocycles. The lowest BCUT2D eigenvalue weighted by molar-refractivity contribution is -0.461. The molecule has 0 saturated carbocycles. The number of thioether (sulfide) groups is 3. The first-order valence-electron chi connectivity index (χ1n) is 21.5. The molecule has 0 aromatic heterocycles. The molecule has 1 rings (SSSR count). The quantitative estimate of drug-likeness (QED) is 0.0521. The van der Waals surface area contributed by atoms with Crippen molar-refractivity contribution in [1.82, 2.24) is 0 Å². The highest BCUT2D eigenvalue weighted by atomic mass is 32.2. The third-order valence-electron chi connectivity index (χ3n) is 11.7. The largest absolute Gasteiger partial charge is 0.460 e. The summed E-state index contributed by atoms with van der Waals surface area (Å²) < 4.78 is 697. The molecule has 0 aliphatic rings. The Bertz CT molecular complexity index is 2540. The van der Waals surface area contributed by atoms with Crippen LogP contribution in [0.25, 0.3) is 0 Å². The molecular weight excluding hydrogens is 1520 g/mol. The van der Waals surface area contributed by atoms with Crippen molar-refractivity contribution in [2.45, 2.75) is 173 Å². The maximum Gasteiger partial charge on any atom is 0.460 e. The van der Waals surface area contributed by atoms with Crippen LogP contribution in [0.1, 0.15) is 29.5 Å². The van der Waals surface area contributed by atoms with Crippen molar-refractivity contribution in [2.24, 2.45) is 0 Å². The first kappa shape index (κ1) is 86.7. The summed E-state index contributed by atoms with van der Waals surface area (Å²) in [4.78, 5) is 0. The Balaban J connectivity index is 3.87. The molecular formula is C38H19F51S3. The Hall–Kier alpha value is -3.30. The molecule has 0 heterocycles. The Morgan fingerprint density at radius 3 is 0.522 bits per heavy atom. The number of rotatable bonds is 32. The molecule has 0 aliphatic carbocycles. The monoisotopic (exact) mass is 1540 g/mol. The molecule has 92 heavy (non-hydrogen) atoms. The van der Waals surface area contributed by atoms with Crippen molar-refractivity contribution in [3.63, 3.8) is 0 Å². The van der Waals surface area contributed by atoms with E-state index >= 15 is 0 Å². The molecule has 0 aliphatic heterocycles. The fraction of sp³-hybridized carbons (Fsp3) is 0.842. The molecule has 0 unspecified atom stereocenters. The van der Waals surface area contributed by atoms with Gasteiger partial charge in [0.2, 0.25) is 0 Å². The first-order chi connectivity index (χ1) is 39.5. The predicted molar refractivity (Wildman–Crippen MR) is 206 cm³/mol. The second-order valence-electron chi connectivity index (χ2n) is 18.2. The van der Waals surface area contributed by atoms with Crippen LogP contribution in [-0.4, -0.2) is 160 Å². The van der Waals surface area contributed by atoms with Gasteiger partial charge in [0.1, 0.15) is 0 Å². The topological polar surface area (TPSA) is 0 Å². The van der Waals surface area contributed by atoms with E-state index in [1.807, 2.05) is 0 Å². The minimum Gasteiger partial charge on any atom is -0.200 e. The summed E-state index contributed by atoms with van der Waals surface area (Å²) in [6.07, 6.45) is -31.1. The van der Waals surface area contributed by atoms with Gasteiger partial charge in [-0.1, -0.05) is 18.2 Å². The fourth-order valence-electron chi connectivity index (χ4n) is 6.16. The Labute approximate surface area is 484 Å². The van der Waals surface area contributed by atoms with Crippen LogP contribution in [-0.2, 0) is 17.3 Å². The standard InChI is InChI=1S/C38H19F51S3/c39-15(40,18(45,46)21(51,52)24(57,58)27(63,64)30(69,70)33(75,76)36(81,82)83)1-3-90-8-12-5-13(9-91-4-2-16(41,42)19(47,48)22(53,54)25(59,60)28(65,66)31(71,72)34(77,78)37(84,85)86)7-14(6-12)10-92-11-17(43,44)20(49,50)23(55,56)26(61,62)29(67,68)32(73,74)35(79,80)38(87,88)89/h5-7H,1-4,8-11H2. The molecule has 0 saturated heterocycles. The van der Waals surface area contributed by atoms with Crippen molar-refractivity contribution in [1.29, 1.82) is 0 Å². The van der Waals surface area contributed by atoms with E-state index in [4.69, 9.17) is 0 Å². The molecule has 0 amide bonds. The summed E-state index contributed by atoms with van der Waals surface area (Å²) in [6.45, 7) is 0. The molecule has 0 spiro atoms. The number of hydrogen-bond acceptors (Lipinski definition) is 3. The minimum atomic E-state index is -9.17. The van der Waals surface area contributed by atoms with Gasteiger partial charge in [0.25, 0.3) is 0 Å². The van der Waals surface area contributed by atoms with Crippen molar-refractivity contribution < 1.29 is 224 Å². The molecule has 54 heteroatoms. The zero-order valence-electron chi connectivity index (χ0n) is 41.4. The van der Waals surface area contributed by atoms with E-state index in [2.05, 4.69) is 0 Å². The molecule has 0 bridgehead atoms. The SMILES string of the molecule is FC(F)(F)C(F)(F)C(F)(F)C(F)(F)C(F)(F)C(F)(F)C(F)(F)C(F)(F)CCSCc1cc(CSCCC(F)(F)C(F)(F)C(F)(F)C(F)(F)C(F)(F)C(F)(F)C(F)(F)C(F)(F)F)cc(CSCC(F)(F)C(F)(F)C(F)(F)C(F)(F)C(F)(F)C(F)(F)C(F)(F)C(F)(F)F)c1. The van der Waals surface area contributed by atoms with Crippen molar-refractivity contribution in [2.75, 3.05) is 17.3 Å². The lowest BCUT2D eigenvalue weighted by Crippen LogP contribution is -2.74. The van der Waals surface area contributed by atoms with E-state index < -0.39 is 242 Å². The van der Waals surface area contributed by atoms with Gasteiger partial charge in [-0.3, -0.25) is 0 Å². The fourth-order valence-corrected chi connectivity index (χ4v) is 9.00. The summed E-state index contributed by atoms with van der Waals surface area (Å²) >= 11 is -2.61. The smallest absolute Gasteiger partial charge is 0.200 e. The average Bonchev–Trinajstić information content (AvgIpc) is 0.712. The second kappa shape index (κ2) is 24.6. The molecule has 0 N–H and O–H groups in total. The zero-order chi connectivity index (χ0) is 74.6. The average molecular weight is 1540 g/mol. The first-order valence-corrected chi connectivity index (χ1v) is 24.9. The summed E-state index contributed by atoms with van der Waals surface area (Å²) in [5.41, 5.74) is -3.43. The van der Waals surface area contributed by atoms with Crippen molar-refractivity contribution in [3.05, 3.63) is 34.9 Å². The lowest BCUT2D eigenvalue weighted by Gasteiger charge is -2.42. The van der Waals surface area contributed by atoms with Gasteiger partial charge >= 0.3 is 143 Å².